The van der Waals surface area contributed by atoms with Gasteiger partial charge in [-0.15, -0.1) is 0 Å². The molecule has 4 nitrogen and oxygen atoms in total. The first-order chi connectivity index (χ1) is 14.3. The van der Waals surface area contributed by atoms with Crippen molar-refractivity contribution in [3.63, 3.8) is 0 Å². The van der Waals surface area contributed by atoms with Gasteiger partial charge in [0, 0.05) is 11.3 Å². The summed E-state index contributed by atoms with van der Waals surface area (Å²) in [6, 6.07) is 1.00. The summed E-state index contributed by atoms with van der Waals surface area (Å²) < 4.78 is 122. The van der Waals surface area contributed by atoms with Gasteiger partial charge in [-0.05, 0) is 17.4 Å². The first-order valence-corrected chi connectivity index (χ1v) is 11.3. The maximum atomic E-state index is 14.4. The van der Waals surface area contributed by atoms with Gasteiger partial charge in [0.1, 0.15) is 10.6 Å². The first kappa shape index (κ1) is 26.4. The quantitative estimate of drug-likeness (QED) is 0.361. The number of hydrogen-bond donors (Lipinski definition) is 0. The van der Waals surface area contributed by atoms with E-state index in [-0.39, 0.29) is 0 Å². The standard InChI is InChI=1S/C19H18ClF7O4S/c1-4-32(29,30)8-9-5-6-10(15(22)14(9)21)19(26,27)31-16(28)13-11(17(13,2)3)7-12(20)18(23,24)25/h5-7,11,13H,4,8H2,1-3H3. The molecule has 1 aromatic carbocycles. The van der Waals surface area contributed by atoms with E-state index in [0.717, 1.165) is 0 Å². The molecule has 1 aliphatic rings. The zero-order valence-electron chi connectivity index (χ0n) is 16.9. The minimum Gasteiger partial charge on any atom is -0.397 e. The van der Waals surface area contributed by atoms with Gasteiger partial charge in [0.15, 0.2) is 21.5 Å². The van der Waals surface area contributed by atoms with Gasteiger partial charge in [0.05, 0.1) is 11.7 Å². The fourth-order valence-electron chi connectivity index (χ4n) is 3.20. The van der Waals surface area contributed by atoms with Crippen LogP contribution in [-0.4, -0.2) is 26.3 Å². The predicted molar refractivity (Wildman–Crippen MR) is 100 cm³/mol. The van der Waals surface area contributed by atoms with Crippen molar-refractivity contribution < 1.29 is 48.7 Å². The number of ether oxygens (including phenoxy) is 1. The third-order valence-corrected chi connectivity index (χ3v) is 7.25. The number of rotatable bonds is 7. The summed E-state index contributed by atoms with van der Waals surface area (Å²) >= 11 is 5.13. The Morgan fingerprint density at radius 1 is 1.16 bits per heavy atom. The van der Waals surface area contributed by atoms with Crippen LogP contribution in [0.15, 0.2) is 23.2 Å². The lowest BCUT2D eigenvalue weighted by molar-refractivity contribution is -0.243. The molecule has 1 saturated carbocycles. The SMILES string of the molecule is CCS(=O)(=O)Cc1ccc(C(F)(F)OC(=O)C2C(C=C(Cl)C(F)(F)F)C2(C)C)c(F)c1F. The first-order valence-electron chi connectivity index (χ1n) is 9.08. The summed E-state index contributed by atoms with van der Waals surface area (Å²) in [6.45, 7) is 3.90. The zero-order valence-corrected chi connectivity index (χ0v) is 18.4. The lowest BCUT2D eigenvalue weighted by atomic mass is 10.1. The average molecular weight is 511 g/mol. The minimum atomic E-state index is -4.90. The largest absolute Gasteiger partial charge is 0.431 e. The van der Waals surface area contributed by atoms with Crippen LogP contribution in [0, 0.1) is 28.9 Å². The molecule has 0 N–H and O–H groups in total. The van der Waals surface area contributed by atoms with Crippen molar-refractivity contribution in [3.05, 3.63) is 46.0 Å². The normalized spacial score (nSPS) is 21.4. The summed E-state index contributed by atoms with van der Waals surface area (Å²) in [5.74, 6) is -9.53. The smallest absolute Gasteiger partial charge is 0.397 e. The van der Waals surface area contributed by atoms with Crippen LogP contribution in [0.3, 0.4) is 0 Å². The van der Waals surface area contributed by atoms with Crippen LogP contribution in [0.2, 0.25) is 0 Å². The second-order valence-electron chi connectivity index (χ2n) is 7.85. The van der Waals surface area contributed by atoms with Crippen molar-refractivity contribution in [2.75, 3.05) is 5.75 Å². The van der Waals surface area contributed by atoms with E-state index in [0.29, 0.717) is 18.2 Å². The monoisotopic (exact) mass is 510 g/mol. The number of allylic oxidation sites excluding steroid dienone is 2. The Bertz CT molecular complexity index is 1050. The predicted octanol–water partition coefficient (Wildman–Crippen LogP) is 5.45. The van der Waals surface area contributed by atoms with Crippen molar-refractivity contribution in [2.45, 2.75) is 38.8 Å². The number of sulfone groups is 1. The molecule has 0 amide bonds. The van der Waals surface area contributed by atoms with E-state index in [2.05, 4.69) is 4.74 Å². The second kappa shape index (κ2) is 8.51. The number of carbonyl (C=O) groups excluding carboxylic acids is 1. The molecule has 0 heterocycles. The molecule has 0 radical (unpaired) electrons. The molecule has 32 heavy (non-hydrogen) atoms. The van der Waals surface area contributed by atoms with E-state index in [1.165, 1.54) is 20.8 Å². The van der Waals surface area contributed by atoms with Gasteiger partial charge in [-0.2, -0.15) is 22.0 Å². The second-order valence-corrected chi connectivity index (χ2v) is 10.6. The fraction of sp³-hybridized carbons (Fsp3) is 0.526. The van der Waals surface area contributed by atoms with Gasteiger partial charge in [-0.3, -0.25) is 4.79 Å². The maximum Gasteiger partial charge on any atom is 0.431 e. The molecule has 0 spiro atoms. The molecule has 1 aromatic rings. The highest BCUT2D eigenvalue weighted by Gasteiger charge is 2.63. The lowest BCUT2D eigenvalue weighted by Gasteiger charge is -2.19. The Hall–Kier alpha value is -1.82. The van der Waals surface area contributed by atoms with Crippen LogP contribution in [0.5, 0.6) is 0 Å². The summed E-state index contributed by atoms with van der Waals surface area (Å²) in [7, 11) is -3.80. The van der Waals surface area contributed by atoms with Crippen LogP contribution in [0.1, 0.15) is 31.9 Å². The summed E-state index contributed by atoms with van der Waals surface area (Å²) in [4.78, 5) is 12.2. The average Bonchev–Trinajstić information content (AvgIpc) is 3.17. The van der Waals surface area contributed by atoms with Crippen molar-refractivity contribution in [1.29, 1.82) is 0 Å². The Balaban J connectivity index is 2.26. The third kappa shape index (κ3) is 5.38. The summed E-state index contributed by atoms with van der Waals surface area (Å²) in [5, 5.41) is -1.54. The molecule has 0 saturated heterocycles. The van der Waals surface area contributed by atoms with Crippen molar-refractivity contribution in [2.24, 2.45) is 17.3 Å². The van der Waals surface area contributed by atoms with E-state index >= 15 is 0 Å². The van der Waals surface area contributed by atoms with Crippen molar-refractivity contribution in [1.82, 2.24) is 0 Å². The van der Waals surface area contributed by atoms with Crippen LogP contribution in [0.4, 0.5) is 30.7 Å². The van der Waals surface area contributed by atoms with Gasteiger partial charge in [-0.1, -0.05) is 44.5 Å². The number of carbonyl (C=O) groups is 1. The molecule has 2 unspecified atom stereocenters. The Labute approximate surface area is 184 Å². The Morgan fingerprint density at radius 2 is 1.72 bits per heavy atom. The van der Waals surface area contributed by atoms with Gasteiger partial charge in [0.25, 0.3) is 0 Å². The van der Waals surface area contributed by atoms with Crippen LogP contribution in [-0.2, 0) is 31.2 Å². The van der Waals surface area contributed by atoms with Crippen molar-refractivity contribution in [3.8, 4) is 0 Å². The van der Waals surface area contributed by atoms with E-state index in [1.807, 2.05) is 0 Å². The van der Waals surface area contributed by atoms with Crippen LogP contribution in [0.25, 0.3) is 0 Å². The number of alkyl halides is 5. The number of hydrogen-bond acceptors (Lipinski definition) is 4. The van der Waals surface area contributed by atoms with Gasteiger partial charge < -0.3 is 4.74 Å². The van der Waals surface area contributed by atoms with E-state index < -0.39 is 84.6 Å². The maximum absolute atomic E-state index is 14.4. The number of benzene rings is 1. The van der Waals surface area contributed by atoms with Gasteiger partial charge >= 0.3 is 18.3 Å². The number of esters is 1. The highest BCUT2D eigenvalue weighted by Crippen LogP contribution is 2.61. The molecule has 2 atom stereocenters. The molecular formula is C19H18ClF7O4S. The van der Waals surface area contributed by atoms with E-state index in [9.17, 15) is 43.9 Å². The van der Waals surface area contributed by atoms with Crippen molar-refractivity contribution >= 4 is 27.4 Å². The Kier molecular flexibility index (Phi) is 7.03. The fourth-order valence-corrected chi connectivity index (χ4v) is 4.24. The Morgan fingerprint density at radius 3 is 2.22 bits per heavy atom. The molecule has 0 bridgehead atoms. The molecule has 0 aliphatic heterocycles. The summed E-state index contributed by atoms with van der Waals surface area (Å²) in [6.07, 6.45) is -9.06. The molecular weight excluding hydrogens is 493 g/mol. The third-order valence-electron chi connectivity index (χ3n) is 5.28. The molecule has 13 heteroatoms. The van der Waals surface area contributed by atoms with E-state index in [1.54, 1.807) is 0 Å². The highest BCUT2D eigenvalue weighted by molar-refractivity contribution is 7.90. The van der Waals surface area contributed by atoms with Crippen LogP contribution >= 0.6 is 11.6 Å². The van der Waals surface area contributed by atoms with E-state index in [4.69, 9.17) is 11.6 Å². The number of halogens is 8. The van der Waals surface area contributed by atoms with Gasteiger partial charge in [0.2, 0.25) is 0 Å². The molecule has 180 valence electrons. The molecule has 2 rings (SSSR count). The highest BCUT2D eigenvalue weighted by atomic mass is 35.5. The molecule has 0 aromatic heterocycles. The lowest BCUT2D eigenvalue weighted by Crippen LogP contribution is -2.27. The molecule has 1 fully saturated rings. The van der Waals surface area contributed by atoms with Gasteiger partial charge in [-0.25, -0.2) is 17.2 Å². The molecule has 1 aliphatic carbocycles. The minimum absolute atomic E-state index is 0.377. The summed E-state index contributed by atoms with van der Waals surface area (Å²) in [5.41, 5.74) is -3.56. The zero-order chi connectivity index (χ0) is 24.9. The topological polar surface area (TPSA) is 60.4 Å². The van der Waals surface area contributed by atoms with Crippen LogP contribution < -0.4 is 0 Å².